The van der Waals surface area contributed by atoms with Crippen LogP contribution in [0, 0.1) is 0 Å². The molecule has 9 heteroatoms. The van der Waals surface area contributed by atoms with Gasteiger partial charge >= 0.3 is 0 Å². The lowest BCUT2D eigenvalue weighted by Gasteiger charge is -2.13. The van der Waals surface area contributed by atoms with Crippen molar-refractivity contribution < 1.29 is 32.5 Å². The van der Waals surface area contributed by atoms with Crippen LogP contribution in [0.1, 0.15) is 11.1 Å². The van der Waals surface area contributed by atoms with Gasteiger partial charge in [0.25, 0.3) is 10.0 Å². The average molecular weight is 472 g/mol. The Kier molecular flexibility index (Phi) is 7.34. The number of phenols is 1. The number of aromatic hydroxyl groups is 1. The number of sulfonamides is 1. The predicted molar refractivity (Wildman–Crippen MR) is 127 cm³/mol. The monoisotopic (exact) mass is 471 g/mol. The molecular formula is C24H25NO7S. The highest BCUT2D eigenvalue weighted by Gasteiger charge is 2.17. The first kappa shape index (κ1) is 23.8. The van der Waals surface area contributed by atoms with Gasteiger partial charge in [-0.2, -0.15) is 0 Å². The van der Waals surface area contributed by atoms with Gasteiger partial charge in [-0.1, -0.05) is 24.3 Å². The molecule has 0 aliphatic heterocycles. The summed E-state index contributed by atoms with van der Waals surface area (Å²) in [5, 5.41) is 9.90. The first-order valence-corrected chi connectivity index (χ1v) is 11.3. The van der Waals surface area contributed by atoms with E-state index in [1.165, 1.54) is 26.4 Å². The van der Waals surface area contributed by atoms with Crippen molar-refractivity contribution in [3.63, 3.8) is 0 Å². The minimum Gasteiger partial charge on any atom is -0.504 e. The third-order valence-electron chi connectivity index (χ3n) is 4.75. The van der Waals surface area contributed by atoms with E-state index in [4.69, 9.17) is 18.9 Å². The number of rotatable bonds is 9. The highest BCUT2D eigenvalue weighted by Crippen LogP contribution is 2.38. The van der Waals surface area contributed by atoms with Gasteiger partial charge in [-0.05, 0) is 47.5 Å². The fourth-order valence-electron chi connectivity index (χ4n) is 3.15. The lowest BCUT2D eigenvalue weighted by molar-refractivity contribution is 0.324. The number of ether oxygens (including phenoxy) is 4. The number of anilines is 1. The zero-order chi connectivity index (χ0) is 24.0. The van der Waals surface area contributed by atoms with E-state index >= 15 is 0 Å². The molecule has 0 fully saturated rings. The average Bonchev–Trinajstić information content (AvgIpc) is 2.81. The van der Waals surface area contributed by atoms with Crippen molar-refractivity contribution in [3.8, 4) is 28.7 Å². The second-order valence-corrected chi connectivity index (χ2v) is 8.54. The molecule has 0 aliphatic rings. The second kappa shape index (κ2) is 10.2. The fourth-order valence-corrected chi connectivity index (χ4v) is 4.22. The number of hydrogen-bond donors (Lipinski definition) is 2. The van der Waals surface area contributed by atoms with E-state index in [0.717, 1.165) is 17.2 Å². The standard InChI is InChI=1S/C24H25NO7S/c1-29-21-11-10-19(15-20(21)26)33(27,28)25-18-7-5-6-16(12-18)8-9-17-13-22(30-2)24(32-4)23(14-17)31-3/h5-15,25-26H,1-4H3/b9-8-. The van der Waals surface area contributed by atoms with Crippen LogP contribution >= 0.6 is 0 Å². The van der Waals surface area contributed by atoms with Crippen LogP contribution in [0.25, 0.3) is 12.2 Å². The predicted octanol–water partition coefficient (Wildman–Crippen LogP) is 4.40. The SMILES string of the molecule is COc1ccc(S(=O)(=O)Nc2cccc(/C=C\c3cc(OC)c(OC)c(OC)c3)c2)cc1O. The molecule has 3 rings (SSSR count). The van der Waals surface area contributed by atoms with E-state index in [0.29, 0.717) is 22.9 Å². The summed E-state index contributed by atoms with van der Waals surface area (Å²) in [6.45, 7) is 0. The third kappa shape index (κ3) is 5.50. The fraction of sp³-hybridized carbons (Fsp3) is 0.167. The highest BCUT2D eigenvalue weighted by atomic mass is 32.2. The lowest BCUT2D eigenvalue weighted by atomic mass is 10.1. The van der Waals surface area contributed by atoms with Gasteiger partial charge < -0.3 is 24.1 Å². The Morgan fingerprint density at radius 2 is 1.39 bits per heavy atom. The minimum atomic E-state index is -3.91. The molecule has 0 radical (unpaired) electrons. The second-order valence-electron chi connectivity index (χ2n) is 6.86. The minimum absolute atomic E-state index is 0.0841. The zero-order valence-electron chi connectivity index (χ0n) is 18.7. The lowest BCUT2D eigenvalue weighted by Crippen LogP contribution is -2.12. The van der Waals surface area contributed by atoms with Crippen LogP contribution in [0.4, 0.5) is 5.69 Å². The van der Waals surface area contributed by atoms with Gasteiger partial charge in [-0.3, -0.25) is 4.72 Å². The summed E-state index contributed by atoms with van der Waals surface area (Å²) >= 11 is 0. The van der Waals surface area contributed by atoms with Gasteiger partial charge in [-0.25, -0.2) is 8.42 Å². The van der Waals surface area contributed by atoms with Crippen molar-refractivity contribution in [1.82, 2.24) is 0 Å². The molecule has 3 aromatic carbocycles. The Morgan fingerprint density at radius 3 is 1.97 bits per heavy atom. The maximum Gasteiger partial charge on any atom is 0.262 e. The number of phenolic OH excluding ortho intramolecular Hbond substituents is 1. The maximum absolute atomic E-state index is 12.7. The van der Waals surface area contributed by atoms with Crippen LogP contribution in [0.15, 0.2) is 59.5 Å². The van der Waals surface area contributed by atoms with Crippen molar-refractivity contribution >= 4 is 27.9 Å². The van der Waals surface area contributed by atoms with E-state index in [1.807, 2.05) is 18.2 Å². The summed E-state index contributed by atoms with van der Waals surface area (Å²) in [5.74, 6) is 1.48. The van der Waals surface area contributed by atoms with Gasteiger partial charge in [0.15, 0.2) is 23.0 Å². The van der Waals surface area contributed by atoms with Gasteiger partial charge in [0.2, 0.25) is 5.75 Å². The Morgan fingerprint density at radius 1 is 0.758 bits per heavy atom. The quantitative estimate of drug-likeness (QED) is 0.446. The number of methoxy groups -OCH3 is 4. The molecule has 0 unspecified atom stereocenters. The molecule has 0 heterocycles. The van der Waals surface area contributed by atoms with Crippen LogP contribution < -0.4 is 23.7 Å². The summed E-state index contributed by atoms with van der Waals surface area (Å²) in [6, 6.07) is 14.4. The normalized spacial score (nSPS) is 11.3. The van der Waals surface area contributed by atoms with Crippen LogP contribution in [0.3, 0.4) is 0 Å². The van der Waals surface area contributed by atoms with Crippen molar-refractivity contribution in [1.29, 1.82) is 0 Å². The molecule has 2 N–H and O–H groups in total. The molecule has 33 heavy (non-hydrogen) atoms. The summed E-state index contributed by atoms with van der Waals surface area (Å²) in [6.07, 6.45) is 3.68. The first-order valence-electron chi connectivity index (χ1n) is 9.79. The third-order valence-corrected chi connectivity index (χ3v) is 6.13. The van der Waals surface area contributed by atoms with Crippen LogP contribution in [0.2, 0.25) is 0 Å². The molecular weight excluding hydrogens is 446 g/mol. The van der Waals surface area contributed by atoms with Gasteiger partial charge in [0, 0.05) is 11.8 Å². The van der Waals surface area contributed by atoms with Gasteiger partial charge in [0.1, 0.15) is 0 Å². The van der Waals surface area contributed by atoms with Crippen molar-refractivity contribution in [2.75, 3.05) is 33.2 Å². The largest absolute Gasteiger partial charge is 0.504 e. The van der Waals surface area contributed by atoms with E-state index < -0.39 is 10.0 Å². The smallest absolute Gasteiger partial charge is 0.262 e. The zero-order valence-corrected chi connectivity index (χ0v) is 19.5. The number of benzene rings is 3. The number of nitrogens with one attached hydrogen (secondary N) is 1. The Labute approximate surface area is 193 Å². The molecule has 174 valence electrons. The van der Waals surface area contributed by atoms with Crippen molar-refractivity contribution in [2.24, 2.45) is 0 Å². The molecule has 0 bridgehead atoms. The summed E-state index contributed by atoms with van der Waals surface area (Å²) in [7, 11) is 2.11. The Balaban J connectivity index is 1.84. The molecule has 3 aromatic rings. The molecule has 8 nitrogen and oxygen atoms in total. The van der Waals surface area contributed by atoms with Crippen molar-refractivity contribution in [3.05, 3.63) is 65.7 Å². The van der Waals surface area contributed by atoms with Crippen LogP contribution in [-0.2, 0) is 10.0 Å². The summed E-state index contributed by atoms with van der Waals surface area (Å²) in [5.41, 5.74) is 1.95. The molecule has 0 aromatic heterocycles. The van der Waals surface area contributed by atoms with E-state index in [2.05, 4.69) is 4.72 Å². The molecule has 0 atom stereocenters. The van der Waals surface area contributed by atoms with E-state index in [-0.39, 0.29) is 16.4 Å². The molecule has 0 saturated heterocycles. The summed E-state index contributed by atoms with van der Waals surface area (Å²) < 4.78 is 49.0. The molecule has 0 aliphatic carbocycles. The molecule has 0 amide bonds. The molecule has 0 saturated carbocycles. The highest BCUT2D eigenvalue weighted by molar-refractivity contribution is 7.92. The van der Waals surface area contributed by atoms with E-state index in [9.17, 15) is 13.5 Å². The van der Waals surface area contributed by atoms with Gasteiger partial charge in [0.05, 0.1) is 33.3 Å². The van der Waals surface area contributed by atoms with Crippen molar-refractivity contribution in [2.45, 2.75) is 4.90 Å². The first-order chi connectivity index (χ1) is 15.8. The Bertz CT molecular complexity index is 1240. The topological polar surface area (TPSA) is 103 Å². The van der Waals surface area contributed by atoms with Gasteiger partial charge in [-0.15, -0.1) is 0 Å². The Hall–Kier alpha value is -3.85. The summed E-state index contributed by atoms with van der Waals surface area (Å²) in [4.78, 5) is -0.0841. The van der Waals surface area contributed by atoms with E-state index in [1.54, 1.807) is 44.6 Å². The molecule has 0 spiro atoms. The number of hydrogen-bond acceptors (Lipinski definition) is 7. The van der Waals surface area contributed by atoms with Crippen LogP contribution in [-0.4, -0.2) is 42.0 Å². The van der Waals surface area contributed by atoms with Crippen LogP contribution in [0.5, 0.6) is 28.7 Å². The maximum atomic E-state index is 12.7.